The molecule has 2 aliphatic rings. The lowest BCUT2D eigenvalue weighted by Gasteiger charge is -2.20. The number of hydrogen-bond acceptors (Lipinski definition) is 2. The largest absolute Gasteiger partial charge is 0.486 e. The molecule has 108 valence electrons. The summed E-state index contributed by atoms with van der Waals surface area (Å²) in [6, 6.07) is 16.7. The molecule has 1 saturated carbocycles. The first-order valence-corrected chi connectivity index (χ1v) is 7.85. The Hall–Kier alpha value is -1.67. The quantitative estimate of drug-likeness (QED) is 0.775. The van der Waals surface area contributed by atoms with Crippen LogP contribution in [0.5, 0.6) is 11.5 Å². The number of benzene rings is 2. The van der Waals surface area contributed by atoms with Gasteiger partial charge in [0, 0.05) is 0 Å². The van der Waals surface area contributed by atoms with Crippen LogP contribution in [-0.4, -0.2) is 13.2 Å². The minimum absolute atomic E-state index is 0.0334. The Balaban J connectivity index is 1.52. The fraction of sp³-hybridized carbons (Fsp3) is 0.333. The van der Waals surface area contributed by atoms with Gasteiger partial charge in [0.15, 0.2) is 11.5 Å². The van der Waals surface area contributed by atoms with Crippen molar-refractivity contribution >= 4 is 11.6 Å². The van der Waals surface area contributed by atoms with Crippen molar-refractivity contribution in [3.8, 4) is 11.5 Å². The van der Waals surface area contributed by atoms with Gasteiger partial charge < -0.3 is 9.47 Å². The maximum Gasteiger partial charge on any atom is 0.161 e. The van der Waals surface area contributed by atoms with Crippen LogP contribution < -0.4 is 9.47 Å². The average molecular weight is 301 g/mol. The molecule has 0 saturated heterocycles. The summed E-state index contributed by atoms with van der Waals surface area (Å²) in [4.78, 5) is 0. The van der Waals surface area contributed by atoms with Crippen LogP contribution in [0.3, 0.4) is 0 Å². The van der Waals surface area contributed by atoms with Crippen LogP contribution in [0.25, 0.3) is 0 Å². The molecule has 0 N–H and O–H groups in total. The maximum absolute atomic E-state index is 6.69. The second-order valence-electron chi connectivity index (χ2n) is 5.72. The first-order valence-electron chi connectivity index (χ1n) is 7.41. The van der Waals surface area contributed by atoms with Crippen LogP contribution in [-0.2, 0) is 0 Å². The fourth-order valence-corrected chi connectivity index (χ4v) is 3.51. The topological polar surface area (TPSA) is 18.5 Å². The van der Waals surface area contributed by atoms with Crippen molar-refractivity contribution in [2.75, 3.05) is 13.2 Å². The van der Waals surface area contributed by atoms with E-state index in [2.05, 4.69) is 36.4 Å². The van der Waals surface area contributed by atoms with E-state index < -0.39 is 0 Å². The van der Waals surface area contributed by atoms with Gasteiger partial charge in [0.25, 0.3) is 0 Å². The highest BCUT2D eigenvalue weighted by molar-refractivity contribution is 6.21. The number of hydrogen-bond donors (Lipinski definition) is 0. The van der Waals surface area contributed by atoms with Crippen LogP contribution in [0.4, 0.5) is 0 Å². The van der Waals surface area contributed by atoms with E-state index in [0.717, 1.165) is 23.5 Å². The normalized spacial score (nSPS) is 24.4. The van der Waals surface area contributed by atoms with E-state index in [1.807, 2.05) is 12.1 Å². The van der Waals surface area contributed by atoms with E-state index in [9.17, 15) is 0 Å². The molecule has 0 bridgehead atoms. The molecule has 0 amide bonds. The minimum Gasteiger partial charge on any atom is -0.486 e. The van der Waals surface area contributed by atoms with E-state index in [0.29, 0.717) is 25.0 Å². The van der Waals surface area contributed by atoms with E-state index in [-0.39, 0.29) is 5.38 Å². The Kier molecular flexibility index (Phi) is 3.27. The van der Waals surface area contributed by atoms with Crippen LogP contribution in [0, 0.1) is 5.92 Å². The van der Waals surface area contributed by atoms with Crippen LogP contribution in [0.2, 0.25) is 0 Å². The highest BCUT2D eigenvalue weighted by atomic mass is 35.5. The molecule has 3 heteroatoms. The van der Waals surface area contributed by atoms with Gasteiger partial charge in [-0.1, -0.05) is 36.4 Å². The zero-order valence-corrected chi connectivity index (χ0v) is 12.4. The zero-order valence-electron chi connectivity index (χ0n) is 11.7. The summed E-state index contributed by atoms with van der Waals surface area (Å²) >= 11 is 6.69. The third-order valence-corrected chi connectivity index (χ3v) is 4.90. The highest BCUT2D eigenvalue weighted by Gasteiger charge is 2.43. The summed E-state index contributed by atoms with van der Waals surface area (Å²) in [5.41, 5.74) is 2.52. The number of alkyl halides is 1. The summed E-state index contributed by atoms with van der Waals surface area (Å²) in [7, 11) is 0. The Labute approximate surface area is 129 Å². The third kappa shape index (κ3) is 2.49. The predicted molar refractivity (Wildman–Crippen MR) is 83.3 cm³/mol. The van der Waals surface area contributed by atoms with Gasteiger partial charge in [-0.15, -0.1) is 11.6 Å². The molecule has 2 aromatic carbocycles. The average Bonchev–Trinajstić information content (AvgIpc) is 3.35. The fourth-order valence-electron chi connectivity index (χ4n) is 3.10. The SMILES string of the molecule is ClC(c1ccc2c(c1)OCCO2)C1CC1c1ccccc1. The minimum atomic E-state index is 0.0334. The molecule has 0 radical (unpaired) electrons. The Morgan fingerprint density at radius 3 is 2.52 bits per heavy atom. The zero-order chi connectivity index (χ0) is 14.2. The third-order valence-electron chi connectivity index (χ3n) is 4.33. The number of fused-ring (bicyclic) bond motifs is 1. The molecule has 1 fully saturated rings. The number of ether oxygens (including phenoxy) is 2. The Morgan fingerprint density at radius 1 is 0.952 bits per heavy atom. The highest BCUT2D eigenvalue weighted by Crippen LogP contribution is 2.56. The molecule has 1 heterocycles. The molecule has 3 atom stereocenters. The second-order valence-corrected chi connectivity index (χ2v) is 6.19. The molecule has 0 spiro atoms. The summed E-state index contributed by atoms with van der Waals surface area (Å²) in [6.07, 6.45) is 1.16. The van der Waals surface area contributed by atoms with Gasteiger partial charge in [0.05, 0.1) is 5.38 Å². The molecule has 4 rings (SSSR count). The molecule has 1 aliphatic heterocycles. The van der Waals surface area contributed by atoms with Crippen LogP contribution in [0.1, 0.15) is 28.8 Å². The predicted octanol–water partition coefficient (Wildman–Crippen LogP) is 4.54. The van der Waals surface area contributed by atoms with Crippen molar-refractivity contribution in [3.05, 3.63) is 59.7 Å². The molecular formula is C18H17ClO2. The van der Waals surface area contributed by atoms with Gasteiger partial charge >= 0.3 is 0 Å². The smallest absolute Gasteiger partial charge is 0.161 e. The lowest BCUT2D eigenvalue weighted by molar-refractivity contribution is 0.171. The monoisotopic (exact) mass is 300 g/mol. The van der Waals surface area contributed by atoms with Crippen molar-refractivity contribution in [2.24, 2.45) is 5.92 Å². The van der Waals surface area contributed by atoms with Crippen molar-refractivity contribution < 1.29 is 9.47 Å². The van der Waals surface area contributed by atoms with E-state index >= 15 is 0 Å². The summed E-state index contributed by atoms with van der Waals surface area (Å²) in [5.74, 6) is 2.74. The lowest BCUT2D eigenvalue weighted by Crippen LogP contribution is -2.15. The lowest BCUT2D eigenvalue weighted by atomic mass is 10.0. The van der Waals surface area contributed by atoms with Gasteiger partial charge in [0.2, 0.25) is 0 Å². The standard InChI is InChI=1S/C18H17ClO2/c19-18(15-11-14(15)12-4-2-1-3-5-12)13-6-7-16-17(10-13)21-9-8-20-16/h1-7,10,14-15,18H,8-9,11H2. The van der Waals surface area contributed by atoms with Crippen molar-refractivity contribution in [2.45, 2.75) is 17.7 Å². The van der Waals surface area contributed by atoms with E-state index in [1.165, 1.54) is 5.56 Å². The second kappa shape index (κ2) is 5.27. The summed E-state index contributed by atoms with van der Waals surface area (Å²) in [5, 5.41) is 0.0334. The number of halogens is 1. The summed E-state index contributed by atoms with van der Waals surface area (Å²) in [6.45, 7) is 1.23. The van der Waals surface area contributed by atoms with Gasteiger partial charge in [-0.05, 0) is 41.5 Å². The molecule has 21 heavy (non-hydrogen) atoms. The number of rotatable bonds is 3. The first-order chi connectivity index (χ1) is 10.3. The van der Waals surface area contributed by atoms with E-state index in [1.54, 1.807) is 0 Å². The Bertz CT molecular complexity index is 641. The van der Waals surface area contributed by atoms with Crippen molar-refractivity contribution in [1.82, 2.24) is 0 Å². The first kappa shape index (κ1) is 13.0. The molecule has 1 aliphatic carbocycles. The molecular weight excluding hydrogens is 284 g/mol. The van der Waals surface area contributed by atoms with Crippen LogP contribution in [0.15, 0.2) is 48.5 Å². The molecule has 2 nitrogen and oxygen atoms in total. The van der Waals surface area contributed by atoms with Gasteiger partial charge in [0.1, 0.15) is 13.2 Å². The maximum atomic E-state index is 6.69. The van der Waals surface area contributed by atoms with Gasteiger partial charge in [-0.25, -0.2) is 0 Å². The Morgan fingerprint density at radius 2 is 1.71 bits per heavy atom. The molecule has 0 aromatic heterocycles. The molecule has 2 aromatic rings. The van der Waals surface area contributed by atoms with Crippen molar-refractivity contribution in [1.29, 1.82) is 0 Å². The summed E-state index contributed by atoms with van der Waals surface area (Å²) < 4.78 is 11.2. The van der Waals surface area contributed by atoms with Crippen LogP contribution >= 0.6 is 11.6 Å². The van der Waals surface area contributed by atoms with E-state index in [4.69, 9.17) is 21.1 Å². The van der Waals surface area contributed by atoms with Gasteiger partial charge in [-0.3, -0.25) is 0 Å². The molecule has 3 unspecified atom stereocenters. The van der Waals surface area contributed by atoms with Crippen molar-refractivity contribution in [3.63, 3.8) is 0 Å². The van der Waals surface area contributed by atoms with Gasteiger partial charge in [-0.2, -0.15) is 0 Å².